The summed E-state index contributed by atoms with van der Waals surface area (Å²) in [7, 11) is 0. The number of hydrogen-bond acceptors (Lipinski definition) is 2. The van der Waals surface area contributed by atoms with E-state index in [0.29, 0.717) is 12.3 Å². The average molecular weight is 296 g/mol. The number of nitrogens with zero attached hydrogens (tertiary/aromatic N) is 2. The minimum absolute atomic E-state index is 0.0376. The van der Waals surface area contributed by atoms with E-state index in [1.165, 1.54) is 0 Å². The molecule has 0 spiro atoms. The molecule has 90 valence electrons. The van der Waals surface area contributed by atoms with E-state index in [1.54, 1.807) is 6.20 Å². The number of hydrogen-bond donors (Lipinski definition) is 1. The second-order valence-electron chi connectivity index (χ2n) is 4.37. The molecular weight excluding hydrogens is 282 g/mol. The Morgan fingerprint density at radius 3 is 3.00 bits per heavy atom. The lowest BCUT2D eigenvalue weighted by molar-refractivity contribution is -0.116. The van der Waals surface area contributed by atoms with Crippen molar-refractivity contribution < 1.29 is 4.79 Å². The highest BCUT2D eigenvalue weighted by molar-refractivity contribution is 9.10. The molecule has 1 amide bonds. The van der Waals surface area contributed by atoms with Gasteiger partial charge >= 0.3 is 0 Å². The quantitative estimate of drug-likeness (QED) is 0.946. The summed E-state index contributed by atoms with van der Waals surface area (Å²) in [6.07, 6.45) is 4.11. The van der Waals surface area contributed by atoms with Crippen molar-refractivity contribution in [3.8, 4) is 0 Å². The van der Waals surface area contributed by atoms with Gasteiger partial charge in [0.1, 0.15) is 10.3 Å². The lowest BCUT2D eigenvalue weighted by atomic mass is 10.1. The number of pyridine rings is 1. The Kier molecular flexibility index (Phi) is 3.47. The number of halogens is 1. The van der Waals surface area contributed by atoms with Gasteiger partial charge in [0.05, 0.1) is 11.9 Å². The molecule has 0 saturated heterocycles. The third-order valence-corrected chi connectivity index (χ3v) is 2.92. The first-order valence-corrected chi connectivity index (χ1v) is 6.28. The van der Waals surface area contributed by atoms with Gasteiger partial charge in [0, 0.05) is 12.6 Å². The summed E-state index contributed by atoms with van der Waals surface area (Å²) in [6.45, 7) is 4.05. The molecule has 17 heavy (non-hydrogen) atoms. The minimum Gasteiger partial charge on any atom is -0.325 e. The predicted molar refractivity (Wildman–Crippen MR) is 71.0 cm³/mol. The summed E-state index contributed by atoms with van der Waals surface area (Å²) in [4.78, 5) is 15.8. The van der Waals surface area contributed by atoms with Crippen molar-refractivity contribution >= 4 is 33.2 Å². The fourth-order valence-corrected chi connectivity index (χ4v) is 1.99. The molecular formula is C12H14BrN3O. The zero-order chi connectivity index (χ0) is 12.4. The smallest absolute Gasteiger partial charge is 0.224 e. The second-order valence-corrected chi connectivity index (χ2v) is 5.19. The zero-order valence-electron chi connectivity index (χ0n) is 9.77. The van der Waals surface area contributed by atoms with Gasteiger partial charge in [-0.1, -0.05) is 13.8 Å². The Hall–Kier alpha value is -1.36. The highest BCUT2D eigenvalue weighted by Gasteiger charge is 2.06. The van der Waals surface area contributed by atoms with E-state index in [4.69, 9.17) is 0 Å². The van der Waals surface area contributed by atoms with Crippen LogP contribution in [0.5, 0.6) is 0 Å². The zero-order valence-corrected chi connectivity index (χ0v) is 11.4. The SMILES string of the molecule is CC(C)CC(=O)Nc1ccc2ncc(Br)n2c1. The molecule has 0 bridgehead atoms. The van der Waals surface area contributed by atoms with E-state index in [2.05, 4.69) is 26.2 Å². The number of carbonyl (C=O) groups is 1. The number of imidazole rings is 1. The van der Waals surface area contributed by atoms with Crippen molar-refractivity contribution in [1.82, 2.24) is 9.38 Å². The molecule has 0 unspecified atom stereocenters. The average Bonchev–Trinajstić information content (AvgIpc) is 2.59. The van der Waals surface area contributed by atoms with E-state index in [-0.39, 0.29) is 5.91 Å². The van der Waals surface area contributed by atoms with Crippen molar-refractivity contribution in [3.05, 3.63) is 29.1 Å². The summed E-state index contributed by atoms with van der Waals surface area (Å²) in [5.74, 6) is 0.397. The number of carbonyl (C=O) groups excluding carboxylic acids is 1. The Morgan fingerprint density at radius 1 is 1.53 bits per heavy atom. The number of nitrogens with one attached hydrogen (secondary N) is 1. The van der Waals surface area contributed by atoms with Gasteiger partial charge in [0.15, 0.2) is 0 Å². The molecule has 1 N–H and O–H groups in total. The van der Waals surface area contributed by atoms with Gasteiger partial charge in [-0.15, -0.1) is 0 Å². The molecule has 0 atom stereocenters. The van der Waals surface area contributed by atoms with Crippen LogP contribution in [-0.2, 0) is 4.79 Å². The highest BCUT2D eigenvalue weighted by Crippen LogP contribution is 2.17. The van der Waals surface area contributed by atoms with Crippen molar-refractivity contribution in [2.45, 2.75) is 20.3 Å². The summed E-state index contributed by atoms with van der Waals surface area (Å²) < 4.78 is 2.75. The molecule has 0 fully saturated rings. The van der Waals surface area contributed by atoms with Crippen molar-refractivity contribution in [1.29, 1.82) is 0 Å². The molecule has 0 aliphatic carbocycles. The van der Waals surface area contributed by atoms with Crippen molar-refractivity contribution in [2.75, 3.05) is 5.32 Å². The van der Waals surface area contributed by atoms with Gasteiger partial charge in [0.25, 0.3) is 0 Å². The molecule has 4 nitrogen and oxygen atoms in total. The standard InChI is InChI=1S/C12H14BrN3O/c1-8(2)5-12(17)15-9-3-4-11-14-6-10(13)16(11)7-9/h3-4,6-8H,5H2,1-2H3,(H,15,17). The third kappa shape index (κ3) is 2.85. The molecule has 2 aromatic heterocycles. The summed E-state index contributed by atoms with van der Waals surface area (Å²) in [6, 6.07) is 3.72. The largest absolute Gasteiger partial charge is 0.325 e. The van der Waals surface area contributed by atoms with E-state index < -0.39 is 0 Å². The molecule has 5 heteroatoms. The number of fused-ring (bicyclic) bond motifs is 1. The first kappa shape index (κ1) is 12.1. The van der Waals surface area contributed by atoms with E-state index in [0.717, 1.165) is 15.9 Å². The molecule has 2 rings (SSSR count). The number of aromatic nitrogens is 2. The summed E-state index contributed by atoms with van der Waals surface area (Å²) in [5, 5.41) is 2.87. The van der Waals surface area contributed by atoms with Crippen LogP contribution in [0, 0.1) is 5.92 Å². The van der Waals surface area contributed by atoms with Crippen LogP contribution >= 0.6 is 15.9 Å². The van der Waals surface area contributed by atoms with Crippen LogP contribution in [0.2, 0.25) is 0 Å². The number of anilines is 1. The maximum atomic E-state index is 11.6. The molecule has 2 heterocycles. The summed E-state index contributed by atoms with van der Waals surface area (Å²) in [5.41, 5.74) is 1.63. The Bertz CT molecular complexity index is 548. The summed E-state index contributed by atoms with van der Waals surface area (Å²) >= 11 is 3.40. The lowest BCUT2D eigenvalue weighted by Gasteiger charge is -2.07. The topological polar surface area (TPSA) is 46.4 Å². The predicted octanol–water partition coefficient (Wildman–Crippen LogP) is 3.08. The van der Waals surface area contributed by atoms with E-state index in [1.807, 2.05) is 36.6 Å². The van der Waals surface area contributed by atoms with Crippen LogP contribution < -0.4 is 5.32 Å². The van der Waals surface area contributed by atoms with Crippen LogP contribution in [-0.4, -0.2) is 15.3 Å². The van der Waals surface area contributed by atoms with Gasteiger partial charge in [-0.25, -0.2) is 4.98 Å². The van der Waals surface area contributed by atoms with Gasteiger partial charge in [-0.05, 0) is 34.0 Å². The van der Waals surface area contributed by atoms with Crippen LogP contribution in [0.15, 0.2) is 29.1 Å². The van der Waals surface area contributed by atoms with Crippen LogP contribution in [0.25, 0.3) is 5.65 Å². The van der Waals surface area contributed by atoms with Gasteiger partial charge in [0.2, 0.25) is 5.91 Å². The third-order valence-electron chi connectivity index (χ3n) is 2.34. The monoisotopic (exact) mass is 295 g/mol. The van der Waals surface area contributed by atoms with E-state index >= 15 is 0 Å². The second kappa shape index (κ2) is 4.87. The first-order valence-electron chi connectivity index (χ1n) is 5.48. The first-order chi connectivity index (χ1) is 8.06. The van der Waals surface area contributed by atoms with Crippen LogP contribution in [0.4, 0.5) is 5.69 Å². The Balaban J connectivity index is 2.19. The molecule has 0 aliphatic heterocycles. The van der Waals surface area contributed by atoms with Gasteiger partial charge < -0.3 is 5.32 Å². The van der Waals surface area contributed by atoms with Gasteiger partial charge in [-0.3, -0.25) is 9.20 Å². The fourth-order valence-electron chi connectivity index (χ4n) is 1.61. The molecule has 0 radical (unpaired) electrons. The molecule has 0 saturated carbocycles. The molecule has 0 aliphatic rings. The normalized spacial score (nSPS) is 11.1. The fraction of sp³-hybridized carbons (Fsp3) is 0.333. The van der Waals surface area contributed by atoms with E-state index in [9.17, 15) is 4.79 Å². The lowest BCUT2D eigenvalue weighted by Crippen LogP contribution is -2.14. The van der Waals surface area contributed by atoms with Crippen molar-refractivity contribution in [3.63, 3.8) is 0 Å². The minimum atomic E-state index is 0.0376. The number of amides is 1. The maximum Gasteiger partial charge on any atom is 0.224 e. The Labute approximate surface area is 108 Å². The van der Waals surface area contributed by atoms with Crippen LogP contribution in [0.1, 0.15) is 20.3 Å². The number of rotatable bonds is 3. The maximum absolute atomic E-state index is 11.6. The van der Waals surface area contributed by atoms with Crippen molar-refractivity contribution in [2.24, 2.45) is 5.92 Å². The molecule has 0 aromatic carbocycles. The van der Waals surface area contributed by atoms with Crippen LogP contribution in [0.3, 0.4) is 0 Å². The molecule has 2 aromatic rings. The Morgan fingerprint density at radius 2 is 2.29 bits per heavy atom. The highest BCUT2D eigenvalue weighted by atomic mass is 79.9. The van der Waals surface area contributed by atoms with Gasteiger partial charge in [-0.2, -0.15) is 0 Å².